The van der Waals surface area contributed by atoms with Crippen LogP contribution in [-0.2, 0) is 11.8 Å². The van der Waals surface area contributed by atoms with Gasteiger partial charge in [-0.1, -0.05) is 0 Å². The minimum atomic E-state index is -0.493. The van der Waals surface area contributed by atoms with Crippen molar-refractivity contribution in [2.24, 2.45) is 7.05 Å². The average Bonchev–Trinajstić information content (AvgIpc) is 2.98. The molecule has 1 aliphatic heterocycles. The maximum absolute atomic E-state index is 12.4. The van der Waals surface area contributed by atoms with Gasteiger partial charge >= 0.3 is 6.09 Å². The van der Waals surface area contributed by atoms with Gasteiger partial charge in [0.15, 0.2) is 0 Å². The Balaban J connectivity index is 1.65. The van der Waals surface area contributed by atoms with Gasteiger partial charge in [-0.05, 0) is 33.8 Å². The predicted octanol–water partition coefficient (Wildman–Crippen LogP) is 2.40. The molecular formula is C18H27N7O2. The van der Waals surface area contributed by atoms with Crippen LogP contribution in [0.2, 0.25) is 0 Å². The number of aromatic nitrogens is 4. The van der Waals surface area contributed by atoms with Gasteiger partial charge in [-0.3, -0.25) is 4.68 Å². The minimum absolute atomic E-state index is 0.0262. The molecule has 1 fully saturated rings. The number of nitrogens with zero attached hydrogens (tertiary/aromatic N) is 6. The standard InChI is InChI=1S/C18H27N7O2/c1-13-11-24(8-9-25(13)17(26)27-18(2,3)4)15-6-7-19-16(22-15)21-14-10-20-23(5)12-14/h6-7,10,12-13H,8-9,11H2,1-5H3,(H,19,21,22). The number of hydrogen-bond donors (Lipinski definition) is 1. The van der Waals surface area contributed by atoms with Gasteiger partial charge in [0.1, 0.15) is 11.4 Å². The maximum atomic E-state index is 12.4. The lowest BCUT2D eigenvalue weighted by atomic mass is 10.2. The molecule has 27 heavy (non-hydrogen) atoms. The Morgan fingerprint density at radius 3 is 2.74 bits per heavy atom. The summed E-state index contributed by atoms with van der Waals surface area (Å²) in [5.74, 6) is 1.34. The first-order chi connectivity index (χ1) is 12.7. The molecule has 9 nitrogen and oxygen atoms in total. The highest BCUT2D eigenvalue weighted by Crippen LogP contribution is 2.21. The molecule has 2 aromatic rings. The largest absolute Gasteiger partial charge is 0.444 e. The fraction of sp³-hybridized carbons (Fsp3) is 0.556. The van der Waals surface area contributed by atoms with E-state index in [4.69, 9.17) is 4.74 Å². The van der Waals surface area contributed by atoms with Gasteiger partial charge in [0.25, 0.3) is 0 Å². The van der Waals surface area contributed by atoms with Crippen LogP contribution in [0.5, 0.6) is 0 Å². The zero-order valence-corrected chi connectivity index (χ0v) is 16.5. The number of piperazine rings is 1. The van der Waals surface area contributed by atoms with Crippen LogP contribution in [0.3, 0.4) is 0 Å². The number of amides is 1. The van der Waals surface area contributed by atoms with Crippen LogP contribution in [0, 0.1) is 0 Å². The monoisotopic (exact) mass is 373 g/mol. The molecule has 0 aliphatic carbocycles. The van der Waals surface area contributed by atoms with Crippen LogP contribution in [-0.4, -0.2) is 62.0 Å². The molecule has 1 unspecified atom stereocenters. The van der Waals surface area contributed by atoms with Crippen molar-refractivity contribution in [1.29, 1.82) is 0 Å². The molecule has 0 bridgehead atoms. The quantitative estimate of drug-likeness (QED) is 0.884. The lowest BCUT2D eigenvalue weighted by molar-refractivity contribution is 0.0158. The van der Waals surface area contributed by atoms with E-state index >= 15 is 0 Å². The number of aryl methyl sites for hydroxylation is 1. The van der Waals surface area contributed by atoms with E-state index in [0.717, 1.165) is 11.5 Å². The van der Waals surface area contributed by atoms with E-state index in [0.29, 0.717) is 25.6 Å². The van der Waals surface area contributed by atoms with E-state index < -0.39 is 5.60 Å². The van der Waals surface area contributed by atoms with Gasteiger partial charge in [-0.25, -0.2) is 9.78 Å². The van der Waals surface area contributed by atoms with Crippen molar-refractivity contribution < 1.29 is 9.53 Å². The summed E-state index contributed by atoms with van der Waals surface area (Å²) in [5.41, 5.74) is 0.339. The minimum Gasteiger partial charge on any atom is -0.444 e. The first kappa shape index (κ1) is 18.9. The van der Waals surface area contributed by atoms with Gasteiger partial charge in [-0.15, -0.1) is 0 Å². The maximum Gasteiger partial charge on any atom is 0.410 e. The van der Waals surface area contributed by atoms with Crippen LogP contribution in [0.1, 0.15) is 27.7 Å². The third kappa shape index (κ3) is 4.87. The third-order valence-electron chi connectivity index (χ3n) is 4.18. The lowest BCUT2D eigenvalue weighted by Crippen LogP contribution is -2.55. The van der Waals surface area contributed by atoms with Crippen molar-refractivity contribution in [2.75, 3.05) is 29.9 Å². The number of carbonyl (C=O) groups is 1. The zero-order valence-electron chi connectivity index (χ0n) is 16.5. The van der Waals surface area contributed by atoms with Gasteiger partial charge < -0.3 is 19.9 Å². The van der Waals surface area contributed by atoms with Gasteiger partial charge in [0.2, 0.25) is 5.95 Å². The predicted molar refractivity (Wildman–Crippen MR) is 103 cm³/mol. The molecule has 1 saturated heterocycles. The summed E-state index contributed by atoms with van der Waals surface area (Å²) in [6, 6.07) is 1.91. The zero-order chi connectivity index (χ0) is 19.6. The van der Waals surface area contributed by atoms with E-state index in [1.807, 2.05) is 47.0 Å². The normalized spacial score (nSPS) is 17.7. The van der Waals surface area contributed by atoms with E-state index in [2.05, 4.69) is 25.3 Å². The first-order valence-electron chi connectivity index (χ1n) is 9.04. The first-order valence-corrected chi connectivity index (χ1v) is 9.04. The number of carbonyl (C=O) groups excluding carboxylic acids is 1. The van der Waals surface area contributed by atoms with Crippen LogP contribution in [0.15, 0.2) is 24.7 Å². The molecule has 1 aliphatic rings. The Hall–Kier alpha value is -2.84. The van der Waals surface area contributed by atoms with Crippen LogP contribution in [0.25, 0.3) is 0 Å². The van der Waals surface area contributed by atoms with Crippen molar-refractivity contribution in [3.05, 3.63) is 24.7 Å². The second kappa shape index (κ2) is 7.42. The molecule has 3 heterocycles. The molecule has 1 N–H and O–H groups in total. The highest BCUT2D eigenvalue weighted by atomic mass is 16.6. The molecule has 0 aromatic carbocycles. The molecule has 1 atom stereocenters. The number of nitrogens with one attached hydrogen (secondary N) is 1. The SMILES string of the molecule is CC1CN(c2ccnc(Nc3cnn(C)c3)n2)CCN1C(=O)OC(C)(C)C. The van der Waals surface area contributed by atoms with Crippen LogP contribution in [0.4, 0.5) is 22.2 Å². The molecule has 0 saturated carbocycles. The molecule has 2 aromatic heterocycles. The van der Waals surface area contributed by atoms with Gasteiger partial charge in [0.05, 0.1) is 11.9 Å². The second-order valence-electron chi connectivity index (χ2n) is 7.73. The Kier molecular flexibility index (Phi) is 5.20. The van der Waals surface area contributed by atoms with E-state index in [1.54, 1.807) is 22.0 Å². The summed E-state index contributed by atoms with van der Waals surface area (Å²) in [7, 11) is 1.86. The Labute approximate surface area is 159 Å². The molecule has 1 amide bonds. The number of anilines is 3. The Morgan fingerprint density at radius 2 is 2.11 bits per heavy atom. The summed E-state index contributed by atoms with van der Waals surface area (Å²) in [6.07, 6.45) is 5.04. The topological polar surface area (TPSA) is 88.4 Å². The van der Waals surface area contributed by atoms with Crippen molar-refractivity contribution in [3.63, 3.8) is 0 Å². The summed E-state index contributed by atoms with van der Waals surface area (Å²) in [6.45, 7) is 9.61. The second-order valence-corrected chi connectivity index (χ2v) is 7.73. The average molecular weight is 373 g/mol. The number of hydrogen-bond acceptors (Lipinski definition) is 7. The highest BCUT2D eigenvalue weighted by molar-refractivity contribution is 5.69. The summed E-state index contributed by atoms with van der Waals surface area (Å²) >= 11 is 0. The highest BCUT2D eigenvalue weighted by Gasteiger charge is 2.31. The summed E-state index contributed by atoms with van der Waals surface area (Å²) < 4.78 is 7.21. The molecule has 9 heteroatoms. The lowest BCUT2D eigenvalue weighted by Gasteiger charge is -2.40. The Bertz CT molecular complexity index is 799. The molecule has 0 spiro atoms. The molecule has 146 valence electrons. The molecule has 0 radical (unpaired) electrons. The fourth-order valence-electron chi connectivity index (χ4n) is 2.96. The smallest absolute Gasteiger partial charge is 0.410 e. The van der Waals surface area contributed by atoms with Crippen molar-refractivity contribution >= 4 is 23.5 Å². The number of ether oxygens (including phenoxy) is 1. The summed E-state index contributed by atoms with van der Waals surface area (Å²) in [5, 5.41) is 7.28. The van der Waals surface area contributed by atoms with E-state index in [9.17, 15) is 4.79 Å². The van der Waals surface area contributed by atoms with Crippen LogP contribution < -0.4 is 10.2 Å². The number of rotatable bonds is 3. The third-order valence-corrected chi connectivity index (χ3v) is 4.18. The molecular weight excluding hydrogens is 346 g/mol. The summed E-state index contributed by atoms with van der Waals surface area (Å²) in [4.78, 5) is 25.2. The Morgan fingerprint density at radius 1 is 1.33 bits per heavy atom. The van der Waals surface area contributed by atoms with Crippen molar-refractivity contribution in [2.45, 2.75) is 39.3 Å². The van der Waals surface area contributed by atoms with Gasteiger partial charge in [-0.2, -0.15) is 10.1 Å². The van der Waals surface area contributed by atoms with E-state index in [1.165, 1.54) is 0 Å². The van der Waals surface area contributed by atoms with E-state index in [-0.39, 0.29) is 12.1 Å². The van der Waals surface area contributed by atoms with Crippen LogP contribution >= 0.6 is 0 Å². The molecule has 3 rings (SSSR count). The van der Waals surface area contributed by atoms with Crippen molar-refractivity contribution in [3.8, 4) is 0 Å². The van der Waals surface area contributed by atoms with Crippen molar-refractivity contribution in [1.82, 2.24) is 24.6 Å². The fourth-order valence-corrected chi connectivity index (χ4v) is 2.96. The van der Waals surface area contributed by atoms with Gasteiger partial charge in [0, 0.05) is 45.1 Å².